The van der Waals surface area contributed by atoms with Crippen molar-refractivity contribution in [3.63, 3.8) is 0 Å². The number of unbranched alkanes of at least 4 members (excludes halogenated alkanes) is 3. The SMILES string of the molecule is CCCCCCC(C)(O)CCC(C)CO. The van der Waals surface area contributed by atoms with Crippen molar-refractivity contribution in [2.24, 2.45) is 5.92 Å². The molecule has 0 aromatic carbocycles. The van der Waals surface area contributed by atoms with Gasteiger partial charge in [-0.05, 0) is 32.1 Å². The summed E-state index contributed by atoms with van der Waals surface area (Å²) >= 11 is 0. The van der Waals surface area contributed by atoms with Crippen molar-refractivity contribution >= 4 is 0 Å². The fourth-order valence-corrected chi connectivity index (χ4v) is 1.71. The van der Waals surface area contributed by atoms with E-state index in [1.807, 2.05) is 13.8 Å². The minimum atomic E-state index is -0.531. The Hall–Kier alpha value is -0.0800. The molecule has 0 spiro atoms. The number of hydrogen-bond donors (Lipinski definition) is 2. The molecule has 2 nitrogen and oxygen atoms in total. The Labute approximate surface area is 94.7 Å². The van der Waals surface area contributed by atoms with E-state index < -0.39 is 5.60 Å². The smallest absolute Gasteiger partial charge is 0.0619 e. The first kappa shape index (κ1) is 14.9. The van der Waals surface area contributed by atoms with Crippen molar-refractivity contribution in [1.29, 1.82) is 0 Å². The molecule has 2 unspecified atom stereocenters. The number of rotatable bonds is 9. The Morgan fingerprint density at radius 1 is 1.13 bits per heavy atom. The van der Waals surface area contributed by atoms with Gasteiger partial charge < -0.3 is 10.2 Å². The van der Waals surface area contributed by atoms with Crippen LogP contribution < -0.4 is 0 Å². The van der Waals surface area contributed by atoms with E-state index in [0.717, 1.165) is 25.7 Å². The summed E-state index contributed by atoms with van der Waals surface area (Å²) in [6.45, 7) is 6.36. The van der Waals surface area contributed by atoms with Crippen molar-refractivity contribution in [3.8, 4) is 0 Å². The Morgan fingerprint density at radius 2 is 1.80 bits per heavy atom. The summed E-state index contributed by atoms with van der Waals surface area (Å²) in [5.74, 6) is 0.312. The van der Waals surface area contributed by atoms with Crippen molar-refractivity contribution in [2.45, 2.75) is 71.3 Å². The maximum Gasteiger partial charge on any atom is 0.0619 e. The summed E-state index contributed by atoms with van der Waals surface area (Å²) in [6, 6.07) is 0. The van der Waals surface area contributed by atoms with E-state index in [9.17, 15) is 5.11 Å². The molecule has 0 fully saturated rings. The van der Waals surface area contributed by atoms with E-state index >= 15 is 0 Å². The van der Waals surface area contributed by atoms with E-state index in [4.69, 9.17) is 5.11 Å². The number of aliphatic hydroxyl groups excluding tert-OH is 1. The molecule has 0 heterocycles. The average Bonchev–Trinajstić information content (AvgIpc) is 2.21. The van der Waals surface area contributed by atoms with Gasteiger partial charge in [0, 0.05) is 6.61 Å². The average molecular weight is 216 g/mol. The summed E-state index contributed by atoms with van der Waals surface area (Å²) in [5, 5.41) is 19.0. The molecule has 92 valence electrons. The molecule has 0 radical (unpaired) electrons. The summed E-state index contributed by atoms with van der Waals surface area (Å²) in [7, 11) is 0. The molecule has 2 atom stereocenters. The lowest BCUT2D eigenvalue weighted by molar-refractivity contribution is 0.0309. The summed E-state index contributed by atoms with van der Waals surface area (Å²) in [4.78, 5) is 0. The molecule has 2 heteroatoms. The van der Waals surface area contributed by atoms with E-state index in [-0.39, 0.29) is 6.61 Å². The lowest BCUT2D eigenvalue weighted by atomic mass is 9.90. The van der Waals surface area contributed by atoms with Gasteiger partial charge >= 0.3 is 0 Å². The lowest BCUT2D eigenvalue weighted by Gasteiger charge is -2.24. The number of hydrogen-bond acceptors (Lipinski definition) is 2. The minimum Gasteiger partial charge on any atom is -0.396 e. The lowest BCUT2D eigenvalue weighted by Crippen LogP contribution is -2.25. The zero-order valence-electron chi connectivity index (χ0n) is 10.6. The highest BCUT2D eigenvalue weighted by Crippen LogP contribution is 2.22. The fraction of sp³-hybridized carbons (Fsp3) is 1.00. The van der Waals surface area contributed by atoms with Gasteiger partial charge in [0.2, 0.25) is 0 Å². The molecule has 15 heavy (non-hydrogen) atoms. The molecule has 0 saturated carbocycles. The molecule has 0 bridgehead atoms. The van der Waals surface area contributed by atoms with Crippen LogP contribution in [0.4, 0.5) is 0 Å². The molecule has 0 aliphatic rings. The molecule has 0 amide bonds. The standard InChI is InChI=1S/C13H28O2/c1-4-5-6-7-9-13(3,15)10-8-12(2)11-14/h12,14-15H,4-11H2,1-3H3. The second-order valence-electron chi connectivity index (χ2n) is 5.13. The zero-order chi connectivity index (χ0) is 11.7. The van der Waals surface area contributed by atoms with Crippen LogP contribution in [-0.4, -0.2) is 22.4 Å². The molecule has 0 aromatic heterocycles. The normalized spacial score (nSPS) is 17.4. The Balaban J connectivity index is 3.57. The Morgan fingerprint density at radius 3 is 2.33 bits per heavy atom. The minimum absolute atomic E-state index is 0.228. The third-order valence-corrected chi connectivity index (χ3v) is 3.06. The largest absolute Gasteiger partial charge is 0.396 e. The third kappa shape index (κ3) is 8.88. The van der Waals surface area contributed by atoms with Gasteiger partial charge in [0.05, 0.1) is 5.60 Å². The van der Waals surface area contributed by atoms with Crippen LogP contribution in [0.3, 0.4) is 0 Å². The summed E-state index contributed by atoms with van der Waals surface area (Å²) in [5.41, 5.74) is -0.531. The van der Waals surface area contributed by atoms with Gasteiger partial charge in [-0.15, -0.1) is 0 Å². The monoisotopic (exact) mass is 216 g/mol. The molecule has 0 aliphatic carbocycles. The van der Waals surface area contributed by atoms with E-state index in [2.05, 4.69) is 6.92 Å². The van der Waals surface area contributed by atoms with E-state index in [1.165, 1.54) is 19.3 Å². The van der Waals surface area contributed by atoms with Crippen LogP contribution in [0.25, 0.3) is 0 Å². The predicted molar refractivity (Wildman–Crippen MR) is 64.9 cm³/mol. The van der Waals surface area contributed by atoms with Gasteiger partial charge in [-0.2, -0.15) is 0 Å². The van der Waals surface area contributed by atoms with Crippen LogP contribution in [0.5, 0.6) is 0 Å². The predicted octanol–water partition coefficient (Wildman–Crippen LogP) is 3.12. The Bertz CT molecular complexity index is 143. The first-order valence-electron chi connectivity index (χ1n) is 6.35. The summed E-state index contributed by atoms with van der Waals surface area (Å²) in [6.07, 6.45) is 7.46. The third-order valence-electron chi connectivity index (χ3n) is 3.06. The van der Waals surface area contributed by atoms with Crippen LogP contribution >= 0.6 is 0 Å². The van der Waals surface area contributed by atoms with Crippen LogP contribution in [0.2, 0.25) is 0 Å². The van der Waals surface area contributed by atoms with Crippen LogP contribution in [0, 0.1) is 5.92 Å². The molecular formula is C13H28O2. The van der Waals surface area contributed by atoms with E-state index in [0.29, 0.717) is 5.92 Å². The highest BCUT2D eigenvalue weighted by molar-refractivity contribution is 4.73. The first-order chi connectivity index (χ1) is 7.02. The van der Waals surface area contributed by atoms with E-state index in [1.54, 1.807) is 0 Å². The van der Waals surface area contributed by atoms with Crippen LogP contribution in [0.15, 0.2) is 0 Å². The second-order valence-corrected chi connectivity index (χ2v) is 5.13. The topological polar surface area (TPSA) is 40.5 Å². The van der Waals surface area contributed by atoms with Crippen LogP contribution in [-0.2, 0) is 0 Å². The van der Waals surface area contributed by atoms with Crippen LogP contribution in [0.1, 0.15) is 65.7 Å². The van der Waals surface area contributed by atoms with Gasteiger partial charge in [0.1, 0.15) is 0 Å². The molecular weight excluding hydrogens is 188 g/mol. The first-order valence-corrected chi connectivity index (χ1v) is 6.35. The van der Waals surface area contributed by atoms with Gasteiger partial charge in [0.15, 0.2) is 0 Å². The second kappa shape index (κ2) is 8.12. The van der Waals surface area contributed by atoms with Gasteiger partial charge in [-0.25, -0.2) is 0 Å². The van der Waals surface area contributed by atoms with Gasteiger partial charge in [0.25, 0.3) is 0 Å². The van der Waals surface area contributed by atoms with Crippen molar-refractivity contribution in [3.05, 3.63) is 0 Å². The van der Waals surface area contributed by atoms with Crippen molar-refractivity contribution in [2.75, 3.05) is 6.61 Å². The highest BCUT2D eigenvalue weighted by Gasteiger charge is 2.20. The fourth-order valence-electron chi connectivity index (χ4n) is 1.71. The number of aliphatic hydroxyl groups is 2. The molecule has 0 rings (SSSR count). The maximum absolute atomic E-state index is 10.1. The molecule has 0 aromatic rings. The molecule has 0 saturated heterocycles. The summed E-state index contributed by atoms with van der Waals surface area (Å²) < 4.78 is 0. The van der Waals surface area contributed by atoms with Gasteiger partial charge in [-0.3, -0.25) is 0 Å². The Kier molecular flexibility index (Phi) is 8.07. The molecule has 2 N–H and O–H groups in total. The van der Waals surface area contributed by atoms with Gasteiger partial charge in [-0.1, -0.05) is 39.5 Å². The quantitative estimate of drug-likeness (QED) is 0.581. The van der Waals surface area contributed by atoms with Crippen molar-refractivity contribution in [1.82, 2.24) is 0 Å². The van der Waals surface area contributed by atoms with Crippen molar-refractivity contribution < 1.29 is 10.2 Å². The zero-order valence-corrected chi connectivity index (χ0v) is 10.6. The molecule has 0 aliphatic heterocycles. The highest BCUT2D eigenvalue weighted by atomic mass is 16.3. The maximum atomic E-state index is 10.1.